The topological polar surface area (TPSA) is 9.23 Å². The average Bonchev–Trinajstić information content (AvgIpc) is 2.69. The van der Waals surface area contributed by atoms with Crippen LogP contribution in [0.1, 0.15) is 38.2 Å². The average molecular weight is 216 g/mol. The third-order valence-electron chi connectivity index (χ3n) is 3.19. The molecule has 0 amide bonds. The van der Waals surface area contributed by atoms with Gasteiger partial charge in [-0.05, 0) is 30.9 Å². The van der Waals surface area contributed by atoms with Crippen molar-refractivity contribution in [1.82, 2.24) is 0 Å². The Bertz CT molecular complexity index is 353. The molecule has 1 nitrogen and oxygen atoms in total. The van der Waals surface area contributed by atoms with Gasteiger partial charge in [0.2, 0.25) is 0 Å². The molecular formula is C15H20O. The predicted octanol–water partition coefficient (Wildman–Crippen LogP) is 3.92. The van der Waals surface area contributed by atoms with Gasteiger partial charge in [0, 0.05) is 12.5 Å². The molecule has 0 heterocycles. The molecule has 2 rings (SSSR count). The Labute approximate surface area is 98.1 Å². The van der Waals surface area contributed by atoms with Gasteiger partial charge in [0.05, 0.1) is 6.10 Å². The molecule has 1 aromatic carbocycles. The van der Waals surface area contributed by atoms with Crippen LogP contribution in [0.25, 0.3) is 0 Å². The summed E-state index contributed by atoms with van der Waals surface area (Å²) in [6.45, 7) is 5.21. The Kier molecular flexibility index (Phi) is 3.79. The molecule has 0 aromatic heterocycles. The first-order valence-electron chi connectivity index (χ1n) is 6.16. The molecule has 0 N–H and O–H groups in total. The van der Waals surface area contributed by atoms with Gasteiger partial charge < -0.3 is 4.74 Å². The van der Waals surface area contributed by atoms with Gasteiger partial charge in [0.15, 0.2) is 0 Å². The van der Waals surface area contributed by atoms with Crippen LogP contribution in [0, 0.1) is 0 Å². The molecule has 0 fully saturated rings. The molecule has 1 aliphatic carbocycles. The predicted molar refractivity (Wildman–Crippen MR) is 67.6 cm³/mol. The van der Waals surface area contributed by atoms with Crippen molar-refractivity contribution >= 4 is 0 Å². The van der Waals surface area contributed by atoms with E-state index in [4.69, 9.17) is 4.74 Å². The minimum absolute atomic E-state index is 0.338. The van der Waals surface area contributed by atoms with Crippen molar-refractivity contribution in [3.63, 3.8) is 0 Å². The van der Waals surface area contributed by atoms with E-state index in [9.17, 15) is 0 Å². The molecule has 1 aliphatic rings. The van der Waals surface area contributed by atoms with Crippen molar-refractivity contribution in [3.8, 4) is 0 Å². The van der Waals surface area contributed by atoms with Gasteiger partial charge in [-0.15, -0.1) is 0 Å². The van der Waals surface area contributed by atoms with Crippen molar-refractivity contribution in [2.75, 3.05) is 6.61 Å². The second-order valence-corrected chi connectivity index (χ2v) is 4.52. The first-order valence-corrected chi connectivity index (χ1v) is 6.16. The van der Waals surface area contributed by atoms with Gasteiger partial charge >= 0.3 is 0 Å². The first-order chi connectivity index (χ1) is 7.81. The normalized spacial score (nSPS) is 24.5. The zero-order valence-corrected chi connectivity index (χ0v) is 10.1. The van der Waals surface area contributed by atoms with Gasteiger partial charge in [-0.1, -0.05) is 43.3 Å². The van der Waals surface area contributed by atoms with Crippen molar-refractivity contribution in [3.05, 3.63) is 47.5 Å². The van der Waals surface area contributed by atoms with Crippen LogP contribution in [-0.2, 0) is 4.74 Å². The van der Waals surface area contributed by atoms with Crippen LogP contribution in [-0.4, -0.2) is 12.7 Å². The summed E-state index contributed by atoms with van der Waals surface area (Å²) in [5.74, 6) is 0.544. The van der Waals surface area contributed by atoms with E-state index in [-0.39, 0.29) is 0 Å². The zero-order valence-electron chi connectivity index (χ0n) is 10.1. The highest BCUT2D eigenvalue weighted by Gasteiger charge is 2.24. The van der Waals surface area contributed by atoms with E-state index in [0.717, 1.165) is 19.4 Å². The number of hydrogen-bond donors (Lipinski definition) is 0. The summed E-state index contributed by atoms with van der Waals surface area (Å²) < 4.78 is 5.85. The SMILES string of the molecule is CCCOC1CC(c2ccccc2)C=C1C. The molecule has 0 bridgehead atoms. The second-order valence-electron chi connectivity index (χ2n) is 4.52. The van der Waals surface area contributed by atoms with Crippen molar-refractivity contribution < 1.29 is 4.74 Å². The van der Waals surface area contributed by atoms with Gasteiger partial charge in [-0.25, -0.2) is 0 Å². The van der Waals surface area contributed by atoms with E-state index < -0.39 is 0 Å². The second kappa shape index (κ2) is 5.31. The fourth-order valence-electron chi connectivity index (χ4n) is 2.30. The summed E-state index contributed by atoms with van der Waals surface area (Å²) in [6, 6.07) is 10.7. The molecule has 0 saturated heterocycles. The highest BCUT2D eigenvalue weighted by molar-refractivity contribution is 5.30. The summed E-state index contributed by atoms with van der Waals surface area (Å²) in [4.78, 5) is 0. The smallest absolute Gasteiger partial charge is 0.0791 e. The maximum Gasteiger partial charge on any atom is 0.0791 e. The Hall–Kier alpha value is -1.08. The maximum absolute atomic E-state index is 5.85. The van der Waals surface area contributed by atoms with Gasteiger partial charge in [0.25, 0.3) is 0 Å². The molecule has 0 saturated carbocycles. The maximum atomic E-state index is 5.85. The zero-order chi connectivity index (χ0) is 11.4. The number of allylic oxidation sites excluding steroid dienone is 1. The molecule has 2 unspecified atom stereocenters. The van der Waals surface area contributed by atoms with Crippen LogP contribution in [0.3, 0.4) is 0 Å². The molecule has 1 heteroatoms. The third-order valence-corrected chi connectivity index (χ3v) is 3.19. The molecule has 16 heavy (non-hydrogen) atoms. The summed E-state index contributed by atoms with van der Waals surface area (Å²) in [5.41, 5.74) is 2.80. The minimum atomic E-state index is 0.338. The standard InChI is InChI=1S/C15H20O/c1-3-9-16-15-11-14(10-12(15)2)13-7-5-4-6-8-13/h4-8,10,14-15H,3,9,11H2,1-2H3. The lowest BCUT2D eigenvalue weighted by atomic mass is 9.98. The fraction of sp³-hybridized carbons (Fsp3) is 0.467. The van der Waals surface area contributed by atoms with Crippen molar-refractivity contribution in [1.29, 1.82) is 0 Å². The highest BCUT2D eigenvalue weighted by atomic mass is 16.5. The summed E-state index contributed by atoms with van der Waals surface area (Å²) >= 11 is 0. The lowest BCUT2D eigenvalue weighted by Gasteiger charge is -2.14. The van der Waals surface area contributed by atoms with Crippen molar-refractivity contribution in [2.45, 2.75) is 38.7 Å². The highest BCUT2D eigenvalue weighted by Crippen LogP contribution is 2.34. The lowest BCUT2D eigenvalue weighted by molar-refractivity contribution is 0.0766. The van der Waals surface area contributed by atoms with Crippen LogP contribution in [0.5, 0.6) is 0 Å². The Morgan fingerprint density at radius 3 is 2.69 bits per heavy atom. The lowest BCUT2D eigenvalue weighted by Crippen LogP contribution is -2.12. The molecule has 1 aromatic rings. The van der Waals surface area contributed by atoms with Crippen LogP contribution in [0.2, 0.25) is 0 Å². The monoisotopic (exact) mass is 216 g/mol. The molecule has 2 atom stereocenters. The molecular weight excluding hydrogens is 196 g/mol. The van der Waals surface area contributed by atoms with Crippen LogP contribution in [0.15, 0.2) is 42.0 Å². The quantitative estimate of drug-likeness (QED) is 0.693. The van der Waals surface area contributed by atoms with E-state index in [1.807, 2.05) is 0 Å². The summed E-state index contributed by atoms with van der Waals surface area (Å²) in [7, 11) is 0. The van der Waals surface area contributed by atoms with Crippen LogP contribution in [0.4, 0.5) is 0 Å². The van der Waals surface area contributed by atoms with Gasteiger partial charge in [-0.3, -0.25) is 0 Å². The van der Waals surface area contributed by atoms with Gasteiger partial charge in [-0.2, -0.15) is 0 Å². The molecule has 86 valence electrons. The molecule has 0 aliphatic heterocycles. The fourth-order valence-corrected chi connectivity index (χ4v) is 2.30. The van der Waals surface area contributed by atoms with E-state index >= 15 is 0 Å². The number of benzene rings is 1. The third kappa shape index (κ3) is 2.53. The molecule has 0 spiro atoms. The largest absolute Gasteiger partial charge is 0.374 e. The Morgan fingerprint density at radius 2 is 2.00 bits per heavy atom. The van der Waals surface area contributed by atoms with Crippen LogP contribution < -0.4 is 0 Å². The summed E-state index contributed by atoms with van der Waals surface area (Å²) in [6.07, 6.45) is 4.90. The molecule has 0 radical (unpaired) electrons. The van der Waals surface area contributed by atoms with Crippen LogP contribution >= 0.6 is 0 Å². The van der Waals surface area contributed by atoms with E-state index in [1.165, 1.54) is 11.1 Å². The minimum Gasteiger partial charge on any atom is -0.374 e. The van der Waals surface area contributed by atoms with E-state index in [1.54, 1.807) is 0 Å². The first kappa shape index (κ1) is 11.4. The number of hydrogen-bond acceptors (Lipinski definition) is 1. The van der Waals surface area contributed by atoms with Crippen molar-refractivity contribution in [2.24, 2.45) is 0 Å². The van der Waals surface area contributed by atoms with Gasteiger partial charge in [0.1, 0.15) is 0 Å². The van der Waals surface area contributed by atoms with E-state index in [2.05, 4.69) is 50.3 Å². The summed E-state index contributed by atoms with van der Waals surface area (Å²) in [5, 5.41) is 0. The number of ether oxygens (including phenoxy) is 1. The van der Waals surface area contributed by atoms with E-state index in [0.29, 0.717) is 12.0 Å². The Balaban J connectivity index is 2.01. The Morgan fingerprint density at radius 1 is 1.25 bits per heavy atom. The number of rotatable bonds is 4.